The number of carboxylic acid groups (broad SMARTS) is 2. The molecule has 2 N–H and O–H groups in total. The summed E-state index contributed by atoms with van der Waals surface area (Å²) in [6.07, 6.45) is 3.04. The number of halogens is 1. The minimum Gasteiger partial charge on any atom is -0.493 e. The van der Waals surface area contributed by atoms with Gasteiger partial charge in [-0.15, -0.1) is 0 Å². The van der Waals surface area contributed by atoms with E-state index in [1.54, 1.807) is 17.0 Å². The Morgan fingerprint density at radius 1 is 1.00 bits per heavy atom. The lowest BCUT2D eigenvalue weighted by molar-refractivity contribution is -0.139. The maximum absolute atomic E-state index is 13.2. The van der Waals surface area contributed by atoms with Gasteiger partial charge in [-0.3, -0.25) is 14.4 Å². The molecule has 2 aliphatic carbocycles. The van der Waals surface area contributed by atoms with Crippen LogP contribution in [-0.2, 0) is 19.2 Å². The maximum atomic E-state index is 13.2. The number of allylic oxidation sites excluding steroid dienone is 4. The van der Waals surface area contributed by atoms with Gasteiger partial charge in [-0.05, 0) is 66.0 Å². The number of aliphatic carboxylic acids is 2. The van der Waals surface area contributed by atoms with Gasteiger partial charge < -0.3 is 24.6 Å². The number of methoxy groups -OCH3 is 1. The summed E-state index contributed by atoms with van der Waals surface area (Å²) in [7, 11) is 1.44. The molecule has 1 heterocycles. The minimum atomic E-state index is -1.13. The third-order valence-corrected chi connectivity index (χ3v) is 7.11. The molecule has 0 atom stereocenters. The van der Waals surface area contributed by atoms with Crippen molar-refractivity contribution in [2.75, 3.05) is 20.3 Å². The molecule has 1 aromatic rings. The molecule has 0 aromatic heterocycles. The van der Waals surface area contributed by atoms with Gasteiger partial charge in [0.1, 0.15) is 6.54 Å². The fourth-order valence-electron chi connectivity index (χ4n) is 5.06. The van der Waals surface area contributed by atoms with Crippen LogP contribution in [0.5, 0.6) is 11.5 Å². The van der Waals surface area contributed by atoms with Crippen molar-refractivity contribution in [3.05, 3.63) is 43.8 Å². The van der Waals surface area contributed by atoms with Crippen molar-refractivity contribution in [3.8, 4) is 11.5 Å². The molecule has 0 amide bonds. The highest BCUT2D eigenvalue weighted by molar-refractivity contribution is 14.1. The van der Waals surface area contributed by atoms with E-state index in [4.69, 9.17) is 14.6 Å². The van der Waals surface area contributed by atoms with E-state index in [0.717, 1.165) is 0 Å². The van der Waals surface area contributed by atoms with Gasteiger partial charge in [0.15, 0.2) is 29.7 Å². The van der Waals surface area contributed by atoms with E-state index < -0.39 is 24.5 Å². The van der Waals surface area contributed by atoms with E-state index in [1.165, 1.54) is 7.11 Å². The van der Waals surface area contributed by atoms with Gasteiger partial charge in [0.25, 0.3) is 0 Å². The quantitative estimate of drug-likeness (QED) is 0.466. The third-order valence-electron chi connectivity index (χ3n) is 6.30. The number of carboxylic acids is 2. The summed E-state index contributed by atoms with van der Waals surface area (Å²) < 4.78 is 11.5. The number of Topliss-reactive ketones (excluding diaryl/α,β-unsaturated/α-hetero) is 2. The van der Waals surface area contributed by atoms with Gasteiger partial charge in [-0.2, -0.15) is 0 Å². The molecule has 34 heavy (non-hydrogen) atoms. The largest absolute Gasteiger partial charge is 0.493 e. The van der Waals surface area contributed by atoms with E-state index in [0.29, 0.717) is 75.9 Å². The third kappa shape index (κ3) is 4.42. The normalized spacial score (nSPS) is 18.6. The highest BCUT2D eigenvalue weighted by atomic mass is 127. The summed E-state index contributed by atoms with van der Waals surface area (Å²) in [6, 6.07) is 3.45. The molecule has 0 unspecified atom stereocenters. The predicted molar refractivity (Wildman–Crippen MR) is 128 cm³/mol. The van der Waals surface area contributed by atoms with E-state index in [9.17, 15) is 24.3 Å². The van der Waals surface area contributed by atoms with E-state index >= 15 is 0 Å². The predicted octanol–water partition coefficient (Wildman–Crippen LogP) is 3.26. The number of hydrogen-bond acceptors (Lipinski definition) is 7. The summed E-state index contributed by atoms with van der Waals surface area (Å²) in [6.45, 7) is -0.839. The zero-order chi connectivity index (χ0) is 24.6. The first-order valence-corrected chi connectivity index (χ1v) is 12.0. The molecule has 0 saturated carbocycles. The van der Waals surface area contributed by atoms with Gasteiger partial charge in [0.2, 0.25) is 0 Å². The number of ether oxygens (including phenoxy) is 2. The summed E-state index contributed by atoms with van der Waals surface area (Å²) >= 11 is 2.02. The summed E-state index contributed by atoms with van der Waals surface area (Å²) in [4.78, 5) is 50.8. The number of carbonyl (C=O) groups excluding carboxylic acids is 2. The number of hydrogen-bond donors (Lipinski definition) is 2. The van der Waals surface area contributed by atoms with Crippen LogP contribution in [0.3, 0.4) is 0 Å². The fraction of sp³-hybridized carbons (Fsp3) is 0.417. The second-order valence-corrected chi connectivity index (χ2v) is 9.57. The second-order valence-electron chi connectivity index (χ2n) is 8.40. The number of benzene rings is 1. The Morgan fingerprint density at radius 2 is 1.59 bits per heavy atom. The molecule has 0 saturated heterocycles. The van der Waals surface area contributed by atoms with Crippen LogP contribution in [0.2, 0.25) is 0 Å². The Kier molecular flexibility index (Phi) is 6.96. The van der Waals surface area contributed by atoms with E-state index in [1.807, 2.05) is 22.6 Å². The Balaban J connectivity index is 1.92. The highest BCUT2D eigenvalue weighted by Crippen LogP contribution is 2.50. The Labute approximate surface area is 209 Å². The molecular weight excluding hydrogens is 557 g/mol. The molecule has 180 valence electrons. The van der Waals surface area contributed by atoms with Crippen molar-refractivity contribution in [2.24, 2.45) is 0 Å². The first-order chi connectivity index (χ1) is 16.2. The van der Waals surface area contributed by atoms with Gasteiger partial charge >= 0.3 is 11.9 Å². The molecule has 1 aliphatic heterocycles. The van der Waals surface area contributed by atoms with Crippen LogP contribution in [0.4, 0.5) is 0 Å². The molecule has 9 nitrogen and oxygen atoms in total. The van der Waals surface area contributed by atoms with Gasteiger partial charge in [-0.25, -0.2) is 4.79 Å². The SMILES string of the molecule is COc1cc(C2C3=C(CCCC3=O)N(CC(=O)O)C3=C2C(=O)CCC3)cc(I)c1OCC(=O)O. The number of nitrogens with zero attached hydrogens (tertiary/aromatic N) is 1. The van der Waals surface area contributed by atoms with E-state index in [-0.39, 0.29) is 23.9 Å². The number of carbonyl (C=O) groups is 4. The van der Waals surface area contributed by atoms with Crippen LogP contribution < -0.4 is 9.47 Å². The van der Waals surface area contributed by atoms with Crippen LogP contribution in [0.1, 0.15) is 50.0 Å². The van der Waals surface area contributed by atoms with Crippen molar-refractivity contribution in [1.82, 2.24) is 4.90 Å². The zero-order valence-corrected chi connectivity index (χ0v) is 20.7. The Hall–Kier alpha value is -2.89. The first kappa shape index (κ1) is 24.2. The smallest absolute Gasteiger partial charge is 0.341 e. The van der Waals surface area contributed by atoms with Crippen LogP contribution >= 0.6 is 22.6 Å². The molecule has 0 radical (unpaired) electrons. The zero-order valence-electron chi connectivity index (χ0n) is 18.6. The lowest BCUT2D eigenvalue weighted by atomic mass is 9.71. The molecule has 10 heteroatoms. The monoisotopic (exact) mass is 581 g/mol. The second kappa shape index (κ2) is 9.77. The van der Waals surface area contributed by atoms with Crippen molar-refractivity contribution in [3.63, 3.8) is 0 Å². The molecule has 4 rings (SSSR count). The van der Waals surface area contributed by atoms with E-state index in [2.05, 4.69) is 0 Å². The molecule has 0 spiro atoms. The topological polar surface area (TPSA) is 130 Å². The molecular formula is C24H24INO8. The standard InChI is InChI=1S/C24H24INO8/c1-33-18-9-12(8-13(25)24(18)34-11-20(31)32)21-22-14(4-2-6-16(22)27)26(10-19(29)30)15-5-3-7-17(28)23(15)21/h8-9,21H,2-7,10-11H2,1H3,(H,29,30)(H,31,32). The maximum Gasteiger partial charge on any atom is 0.341 e. The summed E-state index contributed by atoms with van der Waals surface area (Å²) in [5.41, 5.74) is 2.95. The average molecular weight is 581 g/mol. The minimum absolute atomic E-state index is 0.0910. The Bertz CT molecular complexity index is 1110. The lowest BCUT2D eigenvalue weighted by Crippen LogP contribution is -2.41. The number of rotatable bonds is 7. The van der Waals surface area contributed by atoms with Gasteiger partial charge in [0.05, 0.1) is 10.7 Å². The summed E-state index contributed by atoms with van der Waals surface area (Å²) in [5, 5.41) is 18.5. The molecule has 0 fully saturated rings. The average Bonchev–Trinajstić information content (AvgIpc) is 2.78. The van der Waals surface area contributed by atoms with Crippen molar-refractivity contribution < 1.29 is 38.9 Å². The summed E-state index contributed by atoms with van der Waals surface area (Å²) in [5.74, 6) is -2.40. The van der Waals surface area contributed by atoms with Crippen molar-refractivity contribution in [2.45, 2.75) is 44.4 Å². The molecule has 1 aromatic carbocycles. The molecule has 0 bridgehead atoms. The van der Waals surface area contributed by atoms with Crippen LogP contribution in [-0.4, -0.2) is 58.9 Å². The van der Waals surface area contributed by atoms with Crippen LogP contribution in [0.25, 0.3) is 0 Å². The Morgan fingerprint density at radius 3 is 2.09 bits per heavy atom. The lowest BCUT2D eigenvalue weighted by Gasteiger charge is -2.43. The van der Waals surface area contributed by atoms with Crippen molar-refractivity contribution in [1.29, 1.82) is 0 Å². The van der Waals surface area contributed by atoms with Crippen LogP contribution in [0, 0.1) is 3.57 Å². The highest BCUT2D eigenvalue weighted by Gasteiger charge is 2.44. The van der Waals surface area contributed by atoms with Crippen molar-refractivity contribution >= 4 is 46.1 Å². The van der Waals surface area contributed by atoms with Crippen LogP contribution in [0.15, 0.2) is 34.7 Å². The van der Waals surface area contributed by atoms with Gasteiger partial charge in [-0.1, -0.05) is 0 Å². The molecule has 3 aliphatic rings. The fourth-order valence-corrected chi connectivity index (χ4v) is 5.84. The number of ketones is 2. The van der Waals surface area contributed by atoms with Gasteiger partial charge in [0, 0.05) is 41.3 Å². The first-order valence-electron chi connectivity index (χ1n) is 11.0.